The Morgan fingerprint density at radius 2 is 2.26 bits per heavy atom. The van der Waals surface area contributed by atoms with E-state index in [1.807, 2.05) is 10.3 Å². The van der Waals surface area contributed by atoms with E-state index in [4.69, 9.17) is 0 Å². The van der Waals surface area contributed by atoms with Crippen LogP contribution in [-0.4, -0.2) is 32.9 Å². The van der Waals surface area contributed by atoms with Crippen LogP contribution < -0.4 is 5.56 Å². The molecule has 1 fully saturated rings. The average Bonchev–Trinajstić information content (AvgIpc) is 3.23. The number of hydrogen-bond acceptors (Lipinski definition) is 4. The Morgan fingerprint density at radius 3 is 2.96 bits per heavy atom. The molecule has 0 bridgehead atoms. The number of amides is 1. The fourth-order valence-corrected chi connectivity index (χ4v) is 3.43. The molecule has 23 heavy (non-hydrogen) atoms. The molecule has 0 unspecified atom stereocenters. The van der Waals surface area contributed by atoms with Gasteiger partial charge in [0.25, 0.3) is 5.56 Å². The van der Waals surface area contributed by atoms with Crippen molar-refractivity contribution in [3.8, 4) is 0 Å². The third kappa shape index (κ3) is 3.80. The first-order valence-corrected chi connectivity index (χ1v) is 9.16. The molecule has 124 valence electrons. The average molecular weight is 333 g/mol. The van der Waals surface area contributed by atoms with E-state index in [0.29, 0.717) is 30.3 Å². The number of nitrogens with zero attached hydrogens (tertiary/aromatic N) is 3. The minimum Gasteiger partial charge on any atom is -0.340 e. The standard InChI is InChI=1S/C17H23N3O2S/c1-12(2)5-9-20(13-3-4-13)15(21)6-8-19-11-18-16-14(17(19)22)7-10-23-16/h7,10-13H,3-6,8-9H2,1-2H3. The Morgan fingerprint density at radius 1 is 1.48 bits per heavy atom. The second kappa shape index (κ2) is 6.83. The molecule has 1 aliphatic carbocycles. The van der Waals surface area contributed by atoms with Gasteiger partial charge in [-0.2, -0.15) is 0 Å². The Hall–Kier alpha value is -1.69. The molecule has 2 aromatic heterocycles. The fraction of sp³-hybridized carbons (Fsp3) is 0.588. The molecule has 2 heterocycles. The number of aromatic nitrogens is 2. The highest BCUT2D eigenvalue weighted by Crippen LogP contribution is 2.28. The lowest BCUT2D eigenvalue weighted by atomic mass is 10.1. The number of fused-ring (bicyclic) bond motifs is 1. The van der Waals surface area contributed by atoms with Gasteiger partial charge in [-0.1, -0.05) is 13.8 Å². The molecule has 0 N–H and O–H groups in total. The Balaban J connectivity index is 1.64. The van der Waals surface area contributed by atoms with Crippen molar-refractivity contribution in [1.29, 1.82) is 0 Å². The van der Waals surface area contributed by atoms with Crippen molar-refractivity contribution in [3.05, 3.63) is 28.1 Å². The molecule has 5 nitrogen and oxygen atoms in total. The summed E-state index contributed by atoms with van der Waals surface area (Å²) in [5, 5.41) is 2.51. The van der Waals surface area contributed by atoms with Crippen LogP contribution >= 0.6 is 11.3 Å². The van der Waals surface area contributed by atoms with Gasteiger partial charge in [0.05, 0.1) is 11.7 Å². The van der Waals surface area contributed by atoms with Gasteiger partial charge in [-0.25, -0.2) is 4.98 Å². The topological polar surface area (TPSA) is 55.2 Å². The zero-order valence-corrected chi connectivity index (χ0v) is 14.5. The van der Waals surface area contributed by atoms with Crippen molar-refractivity contribution in [3.63, 3.8) is 0 Å². The Bertz CT molecular complexity index is 746. The van der Waals surface area contributed by atoms with Crippen molar-refractivity contribution in [1.82, 2.24) is 14.5 Å². The van der Waals surface area contributed by atoms with Crippen molar-refractivity contribution in [2.45, 2.75) is 52.1 Å². The molecule has 0 spiro atoms. The minimum atomic E-state index is -0.0517. The lowest BCUT2D eigenvalue weighted by Crippen LogP contribution is -2.35. The predicted octanol–water partition coefficient (Wildman–Crippen LogP) is 2.89. The van der Waals surface area contributed by atoms with Crippen LogP contribution in [0.1, 0.15) is 39.5 Å². The number of hydrogen-bond donors (Lipinski definition) is 0. The summed E-state index contributed by atoms with van der Waals surface area (Å²) < 4.78 is 1.56. The summed E-state index contributed by atoms with van der Waals surface area (Å²) in [7, 11) is 0. The van der Waals surface area contributed by atoms with Crippen LogP contribution in [0.15, 0.2) is 22.6 Å². The normalized spacial score (nSPS) is 14.6. The number of carbonyl (C=O) groups excluding carboxylic acids is 1. The summed E-state index contributed by atoms with van der Waals surface area (Å²) in [5.74, 6) is 0.752. The molecule has 1 saturated carbocycles. The number of rotatable bonds is 7. The highest BCUT2D eigenvalue weighted by atomic mass is 32.1. The first kappa shape index (κ1) is 16.2. The highest BCUT2D eigenvalue weighted by molar-refractivity contribution is 7.16. The van der Waals surface area contributed by atoms with Crippen molar-refractivity contribution in [2.24, 2.45) is 5.92 Å². The summed E-state index contributed by atoms with van der Waals surface area (Å²) in [4.78, 5) is 31.9. The van der Waals surface area contributed by atoms with Crippen LogP contribution in [0.3, 0.4) is 0 Å². The van der Waals surface area contributed by atoms with Crippen LogP contribution in [0, 0.1) is 5.92 Å². The van der Waals surface area contributed by atoms with Gasteiger partial charge in [-0.05, 0) is 36.6 Å². The van der Waals surface area contributed by atoms with Crippen molar-refractivity contribution >= 4 is 27.5 Å². The third-order valence-electron chi connectivity index (χ3n) is 4.27. The largest absolute Gasteiger partial charge is 0.340 e. The maximum absolute atomic E-state index is 12.5. The second-order valence-electron chi connectivity index (χ2n) is 6.63. The van der Waals surface area contributed by atoms with E-state index in [9.17, 15) is 9.59 Å². The number of aryl methyl sites for hydroxylation is 1. The van der Waals surface area contributed by atoms with Crippen LogP contribution in [0.5, 0.6) is 0 Å². The Kier molecular flexibility index (Phi) is 4.80. The molecule has 0 saturated heterocycles. The maximum atomic E-state index is 12.5. The van der Waals surface area contributed by atoms with Gasteiger partial charge >= 0.3 is 0 Å². The molecule has 6 heteroatoms. The summed E-state index contributed by atoms with van der Waals surface area (Å²) in [6.07, 6.45) is 5.19. The SMILES string of the molecule is CC(C)CCN(C(=O)CCn1cnc2sccc2c1=O)C1CC1. The van der Waals surface area contributed by atoms with Gasteiger partial charge in [0, 0.05) is 25.6 Å². The van der Waals surface area contributed by atoms with Crippen LogP contribution in [-0.2, 0) is 11.3 Å². The summed E-state index contributed by atoms with van der Waals surface area (Å²) in [5.41, 5.74) is -0.0517. The predicted molar refractivity (Wildman–Crippen MR) is 92.7 cm³/mol. The molecule has 1 aliphatic rings. The molecular weight excluding hydrogens is 310 g/mol. The van der Waals surface area contributed by atoms with E-state index in [1.54, 1.807) is 17.0 Å². The van der Waals surface area contributed by atoms with E-state index in [2.05, 4.69) is 18.8 Å². The van der Waals surface area contributed by atoms with Gasteiger partial charge in [0.1, 0.15) is 4.83 Å². The molecule has 0 aromatic carbocycles. The van der Waals surface area contributed by atoms with Crippen molar-refractivity contribution < 1.29 is 4.79 Å². The van der Waals surface area contributed by atoms with Crippen LogP contribution in [0.2, 0.25) is 0 Å². The lowest BCUT2D eigenvalue weighted by Gasteiger charge is -2.23. The van der Waals surface area contributed by atoms with Gasteiger partial charge in [-0.15, -0.1) is 11.3 Å². The number of carbonyl (C=O) groups is 1. The number of thiophene rings is 1. The monoisotopic (exact) mass is 333 g/mol. The van der Waals surface area contributed by atoms with E-state index in [1.165, 1.54) is 11.3 Å². The van der Waals surface area contributed by atoms with E-state index in [-0.39, 0.29) is 11.5 Å². The molecule has 0 radical (unpaired) electrons. The summed E-state index contributed by atoms with van der Waals surface area (Å²) >= 11 is 1.46. The minimum absolute atomic E-state index is 0.0517. The second-order valence-corrected chi connectivity index (χ2v) is 7.53. The molecular formula is C17H23N3O2S. The van der Waals surface area contributed by atoms with E-state index in [0.717, 1.165) is 30.6 Å². The van der Waals surface area contributed by atoms with Crippen molar-refractivity contribution in [2.75, 3.05) is 6.54 Å². The zero-order valence-electron chi connectivity index (χ0n) is 13.7. The summed E-state index contributed by atoms with van der Waals surface area (Å²) in [6.45, 7) is 5.59. The van der Waals surface area contributed by atoms with Crippen LogP contribution in [0.4, 0.5) is 0 Å². The first-order valence-electron chi connectivity index (χ1n) is 8.28. The van der Waals surface area contributed by atoms with E-state index >= 15 is 0 Å². The Labute approximate surface area is 139 Å². The van der Waals surface area contributed by atoms with Gasteiger partial charge in [-0.3, -0.25) is 14.2 Å². The zero-order chi connectivity index (χ0) is 16.4. The lowest BCUT2D eigenvalue weighted by molar-refractivity contribution is -0.132. The van der Waals surface area contributed by atoms with Gasteiger partial charge in [0.2, 0.25) is 5.91 Å². The van der Waals surface area contributed by atoms with Gasteiger partial charge in [0.15, 0.2) is 0 Å². The molecule has 2 aromatic rings. The first-order chi connectivity index (χ1) is 11.1. The van der Waals surface area contributed by atoms with Gasteiger partial charge < -0.3 is 4.90 Å². The molecule has 0 aliphatic heterocycles. The third-order valence-corrected chi connectivity index (χ3v) is 5.09. The van der Waals surface area contributed by atoms with E-state index < -0.39 is 0 Å². The molecule has 0 atom stereocenters. The smallest absolute Gasteiger partial charge is 0.262 e. The quantitative estimate of drug-likeness (QED) is 0.783. The molecule has 3 rings (SSSR count). The fourth-order valence-electron chi connectivity index (χ4n) is 2.71. The maximum Gasteiger partial charge on any atom is 0.262 e. The summed E-state index contributed by atoms with van der Waals surface area (Å²) in [6, 6.07) is 2.22. The molecule has 1 amide bonds. The van der Waals surface area contributed by atoms with Crippen LogP contribution in [0.25, 0.3) is 10.2 Å². The highest BCUT2D eigenvalue weighted by Gasteiger charge is 2.31.